The predicted octanol–water partition coefficient (Wildman–Crippen LogP) is 2.69. The Balaban J connectivity index is 1.79. The quantitative estimate of drug-likeness (QED) is 0.507. The summed E-state index contributed by atoms with van der Waals surface area (Å²) in [6, 6.07) is 8.27. The lowest BCUT2D eigenvalue weighted by atomic mass is 9.97. The Morgan fingerprint density at radius 1 is 1.17 bits per heavy atom. The molecule has 0 aliphatic carbocycles. The maximum absolute atomic E-state index is 13.6. The van der Waals surface area contributed by atoms with Crippen LogP contribution in [0.3, 0.4) is 0 Å². The van der Waals surface area contributed by atoms with Gasteiger partial charge >= 0.3 is 0 Å². The van der Waals surface area contributed by atoms with Crippen LogP contribution in [0.5, 0.6) is 0 Å². The number of carbonyl (C=O) groups is 3. The molecule has 3 rings (SSSR count). The summed E-state index contributed by atoms with van der Waals surface area (Å²) >= 11 is 0. The molecule has 2 heterocycles. The summed E-state index contributed by atoms with van der Waals surface area (Å²) in [7, 11) is 0. The topological polar surface area (TPSA) is 122 Å². The van der Waals surface area contributed by atoms with Crippen molar-refractivity contribution in [3.8, 4) is 0 Å². The first-order valence-corrected chi connectivity index (χ1v) is 12.4. The first-order chi connectivity index (χ1) is 16.6. The van der Waals surface area contributed by atoms with Crippen LogP contribution in [0.4, 0.5) is 5.82 Å². The molecular formula is C26H38N6O3. The second-order valence-electron chi connectivity index (χ2n) is 10.1. The molecule has 1 aliphatic rings. The van der Waals surface area contributed by atoms with Crippen LogP contribution in [-0.2, 0) is 14.4 Å². The molecule has 35 heavy (non-hydrogen) atoms. The number of anilines is 1. The van der Waals surface area contributed by atoms with Crippen molar-refractivity contribution in [3.05, 3.63) is 48.4 Å². The van der Waals surface area contributed by atoms with Crippen molar-refractivity contribution in [2.45, 2.75) is 71.0 Å². The molecule has 0 bridgehead atoms. The molecule has 190 valence electrons. The van der Waals surface area contributed by atoms with Crippen LogP contribution >= 0.6 is 0 Å². The number of carbonyl (C=O) groups excluding carboxylic acids is 3. The number of nitrogens with two attached hydrogens (primary N) is 1. The van der Waals surface area contributed by atoms with Crippen LogP contribution in [0.1, 0.15) is 65.0 Å². The van der Waals surface area contributed by atoms with Crippen molar-refractivity contribution in [1.82, 2.24) is 19.8 Å². The van der Waals surface area contributed by atoms with Crippen LogP contribution < -0.4 is 16.4 Å². The van der Waals surface area contributed by atoms with E-state index in [0.717, 1.165) is 31.5 Å². The molecule has 2 atom stereocenters. The average molecular weight is 483 g/mol. The van der Waals surface area contributed by atoms with Gasteiger partial charge in [0.25, 0.3) is 0 Å². The molecule has 4 N–H and O–H groups in total. The lowest BCUT2D eigenvalue weighted by Gasteiger charge is -2.33. The van der Waals surface area contributed by atoms with Gasteiger partial charge in [-0.1, -0.05) is 50.6 Å². The van der Waals surface area contributed by atoms with Crippen molar-refractivity contribution in [3.63, 3.8) is 0 Å². The van der Waals surface area contributed by atoms with E-state index in [0.29, 0.717) is 24.6 Å². The Hall–Kier alpha value is -3.20. The van der Waals surface area contributed by atoms with E-state index in [-0.39, 0.29) is 11.8 Å². The van der Waals surface area contributed by atoms with E-state index >= 15 is 0 Å². The van der Waals surface area contributed by atoms with Crippen LogP contribution in [0.25, 0.3) is 0 Å². The van der Waals surface area contributed by atoms with Gasteiger partial charge in [-0.2, -0.15) is 0 Å². The molecule has 1 saturated heterocycles. The van der Waals surface area contributed by atoms with Crippen LogP contribution in [0.15, 0.2) is 42.9 Å². The minimum absolute atomic E-state index is 0.0136. The first kappa shape index (κ1) is 26.4. The highest BCUT2D eigenvalue weighted by Crippen LogP contribution is 2.25. The molecule has 1 fully saturated rings. The third kappa shape index (κ3) is 6.91. The fourth-order valence-corrected chi connectivity index (χ4v) is 4.14. The summed E-state index contributed by atoms with van der Waals surface area (Å²) in [6.45, 7) is 8.80. The molecule has 3 amide bonds. The van der Waals surface area contributed by atoms with Gasteiger partial charge in [0.1, 0.15) is 12.1 Å². The number of nitrogens with zero attached hydrogens (tertiary/aromatic N) is 3. The Morgan fingerprint density at radius 2 is 1.83 bits per heavy atom. The number of aromatic nitrogens is 2. The second-order valence-corrected chi connectivity index (χ2v) is 10.1. The summed E-state index contributed by atoms with van der Waals surface area (Å²) in [5.74, 6) is 0.174. The summed E-state index contributed by atoms with van der Waals surface area (Å²) in [4.78, 5) is 45.1. The van der Waals surface area contributed by atoms with Gasteiger partial charge in [0, 0.05) is 19.3 Å². The first-order valence-electron chi connectivity index (χ1n) is 12.4. The van der Waals surface area contributed by atoms with E-state index in [1.165, 1.54) is 0 Å². The number of piperidine rings is 1. The van der Waals surface area contributed by atoms with E-state index in [1.54, 1.807) is 30.9 Å². The number of nitrogens with one attached hydrogen (secondary N) is 2. The molecule has 0 radical (unpaired) electrons. The molecule has 2 aromatic rings. The van der Waals surface area contributed by atoms with Crippen molar-refractivity contribution >= 4 is 23.5 Å². The largest absolute Gasteiger partial charge is 0.343 e. The number of likely N-dealkylation sites (tertiary alicyclic amines) is 1. The lowest BCUT2D eigenvalue weighted by Crippen LogP contribution is -2.54. The monoisotopic (exact) mass is 482 g/mol. The Morgan fingerprint density at radius 3 is 2.43 bits per heavy atom. The smallest absolute Gasteiger partial charge is 0.250 e. The predicted molar refractivity (Wildman–Crippen MR) is 136 cm³/mol. The molecule has 1 aliphatic heterocycles. The average Bonchev–Trinajstić information content (AvgIpc) is 3.27. The number of imidazole rings is 1. The molecule has 1 aromatic carbocycles. The number of rotatable bonds is 9. The maximum atomic E-state index is 13.6. The fourth-order valence-electron chi connectivity index (χ4n) is 4.14. The normalized spacial score (nSPS) is 16.4. The summed E-state index contributed by atoms with van der Waals surface area (Å²) < 4.78 is 1.74. The van der Waals surface area contributed by atoms with Gasteiger partial charge in [-0.3, -0.25) is 14.4 Å². The Kier molecular flexibility index (Phi) is 8.67. The Bertz CT molecular complexity index is 1010. The van der Waals surface area contributed by atoms with Crippen LogP contribution in [0, 0.1) is 5.92 Å². The third-order valence-corrected chi connectivity index (χ3v) is 6.38. The highest BCUT2D eigenvalue weighted by Gasteiger charge is 2.31. The van der Waals surface area contributed by atoms with Gasteiger partial charge < -0.3 is 25.8 Å². The summed E-state index contributed by atoms with van der Waals surface area (Å²) in [5.41, 5.74) is 5.63. The van der Waals surface area contributed by atoms with E-state index in [4.69, 9.17) is 5.73 Å². The van der Waals surface area contributed by atoms with Crippen LogP contribution in [-0.4, -0.2) is 56.8 Å². The minimum atomic E-state index is -1.09. The van der Waals surface area contributed by atoms with Crippen molar-refractivity contribution in [1.29, 1.82) is 0 Å². The Labute approximate surface area is 207 Å². The van der Waals surface area contributed by atoms with Gasteiger partial charge in [-0.05, 0) is 44.6 Å². The van der Waals surface area contributed by atoms with E-state index in [9.17, 15) is 14.4 Å². The van der Waals surface area contributed by atoms with E-state index in [2.05, 4.69) is 22.5 Å². The molecular weight excluding hydrogens is 444 g/mol. The van der Waals surface area contributed by atoms with Gasteiger partial charge in [-0.15, -0.1) is 0 Å². The summed E-state index contributed by atoms with van der Waals surface area (Å²) in [6.07, 6.45) is 6.38. The van der Waals surface area contributed by atoms with Crippen LogP contribution in [0.2, 0.25) is 0 Å². The standard InChI is InChI=1S/C26H38N6O3/c1-5-9-20(29-25(35)26(3,4)27)23(33)30-21-16-32(17-28-21)22(19-10-7-6-8-11-19)24(34)31-14-12-18(2)13-15-31/h6-8,10-11,16-18,20,22H,5,9,12-15,27H2,1-4H3,(H,29,35)(H,30,33)/t20-,22?/m1/s1. The number of hydrogen-bond donors (Lipinski definition) is 3. The van der Waals surface area contributed by atoms with Gasteiger partial charge in [0.05, 0.1) is 11.9 Å². The highest BCUT2D eigenvalue weighted by atomic mass is 16.2. The third-order valence-electron chi connectivity index (χ3n) is 6.38. The number of amides is 3. The zero-order chi connectivity index (χ0) is 25.6. The number of hydrogen-bond acceptors (Lipinski definition) is 5. The molecule has 0 spiro atoms. The van der Waals surface area contributed by atoms with Gasteiger partial charge in [-0.25, -0.2) is 4.98 Å². The molecule has 1 unspecified atom stereocenters. The number of benzene rings is 1. The van der Waals surface area contributed by atoms with E-state index in [1.807, 2.05) is 42.2 Å². The minimum Gasteiger partial charge on any atom is -0.343 e. The fraction of sp³-hybridized carbons (Fsp3) is 0.538. The second kappa shape index (κ2) is 11.5. The maximum Gasteiger partial charge on any atom is 0.250 e. The van der Waals surface area contributed by atoms with Crippen molar-refractivity contribution < 1.29 is 14.4 Å². The van der Waals surface area contributed by atoms with Gasteiger partial charge in [0.15, 0.2) is 5.82 Å². The van der Waals surface area contributed by atoms with E-state index < -0.39 is 23.5 Å². The summed E-state index contributed by atoms with van der Waals surface area (Å²) in [5, 5.41) is 5.51. The molecule has 1 aromatic heterocycles. The molecule has 9 heteroatoms. The van der Waals surface area contributed by atoms with Gasteiger partial charge in [0.2, 0.25) is 17.7 Å². The lowest BCUT2D eigenvalue weighted by molar-refractivity contribution is -0.135. The zero-order valence-electron chi connectivity index (χ0n) is 21.2. The SMILES string of the molecule is CCC[C@@H](NC(=O)C(C)(C)N)C(=O)Nc1cn(C(C(=O)N2CCC(C)CC2)c2ccccc2)cn1. The highest BCUT2D eigenvalue weighted by molar-refractivity contribution is 5.97. The molecule has 0 saturated carbocycles. The zero-order valence-corrected chi connectivity index (χ0v) is 21.2. The van der Waals surface area contributed by atoms with Crippen molar-refractivity contribution in [2.75, 3.05) is 18.4 Å². The molecule has 9 nitrogen and oxygen atoms in total. The van der Waals surface area contributed by atoms with Crippen molar-refractivity contribution in [2.24, 2.45) is 11.7 Å².